The Balaban J connectivity index is 1.38. The normalized spacial score (nSPS) is 18.3. The molecule has 1 aliphatic carbocycles. The number of hydrogen-bond acceptors (Lipinski definition) is 4. The molecule has 4 rings (SSSR count). The molecule has 134 valence electrons. The molecule has 26 heavy (non-hydrogen) atoms. The molecule has 6 heteroatoms. The molecular weight excluding hydrogens is 328 g/mol. The molecule has 1 N–H and O–H groups in total. The summed E-state index contributed by atoms with van der Waals surface area (Å²) in [7, 11) is 0. The molecule has 6 nitrogen and oxygen atoms in total. The molecule has 2 amide bonds. The van der Waals surface area contributed by atoms with Gasteiger partial charge in [0.2, 0.25) is 11.8 Å². The average Bonchev–Trinajstić information content (AvgIpc) is 3.51. The van der Waals surface area contributed by atoms with Gasteiger partial charge in [-0.15, -0.1) is 0 Å². The molecule has 1 aliphatic heterocycles. The summed E-state index contributed by atoms with van der Waals surface area (Å²) in [5.41, 5.74) is -0.139. The Bertz CT molecular complexity index is 782. The van der Waals surface area contributed by atoms with Gasteiger partial charge in [-0.2, -0.15) is 0 Å². The van der Waals surface area contributed by atoms with Gasteiger partial charge in [-0.1, -0.05) is 24.3 Å². The SMILES string of the molecule is O=C(Nc1ccccc1)C1(C(=O)N2CCN(c3ccccn3)CC2)CC1. The fourth-order valence-electron chi connectivity index (χ4n) is 3.42. The minimum atomic E-state index is -0.872. The first kappa shape index (κ1) is 16.6. The maximum Gasteiger partial charge on any atom is 0.240 e. The first-order valence-electron chi connectivity index (χ1n) is 9.01. The summed E-state index contributed by atoms with van der Waals surface area (Å²) in [6.07, 6.45) is 3.04. The van der Waals surface area contributed by atoms with Crippen molar-refractivity contribution in [3.05, 3.63) is 54.7 Å². The maximum absolute atomic E-state index is 13.0. The van der Waals surface area contributed by atoms with E-state index in [4.69, 9.17) is 0 Å². The highest BCUT2D eigenvalue weighted by atomic mass is 16.2. The van der Waals surface area contributed by atoms with Gasteiger partial charge in [0.1, 0.15) is 11.2 Å². The van der Waals surface area contributed by atoms with E-state index in [1.807, 2.05) is 53.4 Å². The Morgan fingerprint density at radius 1 is 0.923 bits per heavy atom. The zero-order valence-electron chi connectivity index (χ0n) is 14.6. The lowest BCUT2D eigenvalue weighted by Gasteiger charge is -2.36. The van der Waals surface area contributed by atoms with Gasteiger partial charge in [0.05, 0.1) is 0 Å². The van der Waals surface area contributed by atoms with Crippen LogP contribution in [0.4, 0.5) is 11.5 Å². The Labute approximate surface area is 152 Å². The number of para-hydroxylation sites is 1. The summed E-state index contributed by atoms with van der Waals surface area (Å²) >= 11 is 0. The van der Waals surface area contributed by atoms with Crippen LogP contribution in [0.2, 0.25) is 0 Å². The zero-order valence-corrected chi connectivity index (χ0v) is 14.6. The molecule has 2 heterocycles. The highest BCUT2D eigenvalue weighted by Gasteiger charge is 2.58. The standard InChI is InChI=1S/C20H22N4O2/c25-18(22-16-6-2-1-3-7-16)20(9-10-20)19(26)24-14-12-23(13-15-24)17-8-4-5-11-21-17/h1-8,11H,9-10,12-15H2,(H,22,25). The van der Waals surface area contributed by atoms with Crippen LogP contribution < -0.4 is 10.2 Å². The highest BCUT2D eigenvalue weighted by Crippen LogP contribution is 2.48. The number of piperazine rings is 1. The van der Waals surface area contributed by atoms with Crippen molar-refractivity contribution in [2.45, 2.75) is 12.8 Å². The lowest BCUT2D eigenvalue weighted by Crippen LogP contribution is -2.52. The van der Waals surface area contributed by atoms with E-state index in [0.29, 0.717) is 25.9 Å². The largest absolute Gasteiger partial charge is 0.353 e. The Hall–Kier alpha value is -2.89. The summed E-state index contributed by atoms with van der Waals surface area (Å²) in [5.74, 6) is 0.718. The van der Waals surface area contributed by atoms with E-state index >= 15 is 0 Å². The van der Waals surface area contributed by atoms with E-state index in [2.05, 4.69) is 15.2 Å². The van der Waals surface area contributed by atoms with Crippen LogP contribution in [-0.4, -0.2) is 47.9 Å². The molecule has 0 spiro atoms. The van der Waals surface area contributed by atoms with Crippen molar-refractivity contribution in [3.8, 4) is 0 Å². The molecule has 0 atom stereocenters. The van der Waals surface area contributed by atoms with Crippen molar-refractivity contribution < 1.29 is 9.59 Å². The third-order valence-corrected chi connectivity index (χ3v) is 5.17. The van der Waals surface area contributed by atoms with Gasteiger partial charge in [0.25, 0.3) is 0 Å². The summed E-state index contributed by atoms with van der Waals surface area (Å²) in [5, 5.41) is 2.89. The summed E-state index contributed by atoms with van der Waals surface area (Å²) in [6, 6.07) is 15.1. The predicted molar refractivity (Wildman–Crippen MR) is 99.8 cm³/mol. The van der Waals surface area contributed by atoms with Crippen LogP contribution in [0, 0.1) is 5.41 Å². The third kappa shape index (κ3) is 3.14. The smallest absolute Gasteiger partial charge is 0.240 e. The fraction of sp³-hybridized carbons (Fsp3) is 0.350. The van der Waals surface area contributed by atoms with Crippen LogP contribution in [0.15, 0.2) is 54.7 Å². The quantitative estimate of drug-likeness (QED) is 0.858. The molecule has 0 bridgehead atoms. The summed E-state index contributed by atoms with van der Waals surface area (Å²) < 4.78 is 0. The number of nitrogens with zero attached hydrogens (tertiary/aromatic N) is 3. The number of anilines is 2. The molecule has 0 radical (unpaired) electrons. The van der Waals surface area contributed by atoms with Gasteiger partial charge < -0.3 is 15.1 Å². The van der Waals surface area contributed by atoms with E-state index in [-0.39, 0.29) is 11.8 Å². The highest BCUT2D eigenvalue weighted by molar-refractivity contribution is 6.13. The number of hydrogen-bond donors (Lipinski definition) is 1. The zero-order chi connectivity index (χ0) is 18.0. The molecule has 1 aromatic carbocycles. The van der Waals surface area contributed by atoms with Crippen molar-refractivity contribution in [1.82, 2.24) is 9.88 Å². The van der Waals surface area contributed by atoms with Gasteiger partial charge in [-0.05, 0) is 37.1 Å². The van der Waals surface area contributed by atoms with Gasteiger partial charge in [0.15, 0.2) is 0 Å². The molecule has 2 aliphatic rings. The van der Waals surface area contributed by atoms with E-state index in [1.165, 1.54) is 0 Å². The van der Waals surface area contributed by atoms with Crippen LogP contribution in [0.3, 0.4) is 0 Å². The van der Waals surface area contributed by atoms with Crippen molar-refractivity contribution in [2.24, 2.45) is 5.41 Å². The Morgan fingerprint density at radius 2 is 1.62 bits per heavy atom. The van der Waals surface area contributed by atoms with Crippen molar-refractivity contribution >= 4 is 23.3 Å². The molecular formula is C20H22N4O2. The van der Waals surface area contributed by atoms with Gasteiger partial charge in [-0.25, -0.2) is 4.98 Å². The number of carbonyl (C=O) groups excluding carboxylic acids is 2. The molecule has 0 unspecified atom stereocenters. The second-order valence-corrected chi connectivity index (χ2v) is 6.87. The van der Waals surface area contributed by atoms with Gasteiger partial charge >= 0.3 is 0 Å². The number of aromatic nitrogens is 1. The van der Waals surface area contributed by atoms with Crippen LogP contribution >= 0.6 is 0 Å². The number of nitrogens with one attached hydrogen (secondary N) is 1. The van der Waals surface area contributed by atoms with E-state index in [1.54, 1.807) is 6.20 Å². The number of benzene rings is 1. The Kier molecular flexibility index (Phi) is 4.32. The maximum atomic E-state index is 13.0. The first-order valence-corrected chi connectivity index (χ1v) is 9.01. The van der Waals surface area contributed by atoms with Gasteiger partial charge in [-0.3, -0.25) is 9.59 Å². The fourth-order valence-corrected chi connectivity index (χ4v) is 3.42. The number of rotatable bonds is 4. The van der Waals surface area contributed by atoms with Gasteiger partial charge in [0, 0.05) is 38.1 Å². The van der Waals surface area contributed by atoms with Crippen molar-refractivity contribution in [3.63, 3.8) is 0 Å². The third-order valence-electron chi connectivity index (χ3n) is 5.17. The lowest BCUT2D eigenvalue weighted by atomic mass is 10.0. The van der Waals surface area contributed by atoms with Crippen LogP contribution in [-0.2, 0) is 9.59 Å². The second kappa shape index (κ2) is 6.78. The molecule has 1 saturated carbocycles. The lowest BCUT2D eigenvalue weighted by molar-refractivity contribution is -0.142. The number of amides is 2. The number of pyridine rings is 1. The van der Waals surface area contributed by atoms with Crippen LogP contribution in [0.1, 0.15) is 12.8 Å². The monoisotopic (exact) mass is 350 g/mol. The van der Waals surface area contributed by atoms with Crippen molar-refractivity contribution in [2.75, 3.05) is 36.4 Å². The predicted octanol–water partition coefficient (Wildman–Crippen LogP) is 2.15. The minimum absolute atomic E-state index is 0.0356. The number of carbonyl (C=O) groups is 2. The van der Waals surface area contributed by atoms with E-state index in [0.717, 1.165) is 24.6 Å². The topological polar surface area (TPSA) is 65.5 Å². The van der Waals surface area contributed by atoms with E-state index < -0.39 is 5.41 Å². The molecule has 1 aromatic heterocycles. The molecule has 2 fully saturated rings. The van der Waals surface area contributed by atoms with E-state index in [9.17, 15) is 9.59 Å². The molecule has 1 saturated heterocycles. The Morgan fingerprint density at radius 3 is 2.23 bits per heavy atom. The first-order chi connectivity index (χ1) is 12.7. The summed E-state index contributed by atoms with van der Waals surface area (Å²) in [4.78, 5) is 34.0. The second-order valence-electron chi connectivity index (χ2n) is 6.87. The average molecular weight is 350 g/mol. The summed E-state index contributed by atoms with van der Waals surface area (Å²) in [6.45, 7) is 2.71. The molecule has 2 aromatic rings. The van der Waals surface area contributed by atoms with Crippen LogP contribution in [0.25, 0.3) is 0 Å². The van der Waals surface area contributed by atoms with Crippen LogP contribution in [0.5, 0.6) is 0 Å². The minimum Gasteiger partial charge on any atom is -0.353 e. The van der Waals surface area contributed by atoms with Crippen molar-refractivity contribution in [1.29, 1.82) is 0 Å².